The maximum Gasteiger partial charge on any atom is 0.266 e. The first-order chi connectivity index (χ1) is 9.11. The van der Waals surface area contributed by atoms with Crippen molar-refractivity contribution in [2.24, 2.45) is 5.73 Å². The predicted molar refractivity (Wildman–Crippen MR) is 73.2 cm³/mol. The molecule has 2 N–H and O–H groups in total. The summed E-state index contributed by atoms with van der Waals surface area (Å²) in [7, 11) is 1.60. The number of hydrogen-bond donors (Lipinski definition) is 1. The molecule has 0 spiro atoms. The second-order valence-electron chi connectivity index (χ2n) is 4.40. The first kappa shape index (κ1) is 13.3. The average molecular weight is 259 g/mol. The zero-order valence-corrected chi connectivity index (χ0v) is 11.0. The first-order valence-electron chi connectivity index (χ1n) is 6.04. The maximum atomic E-state index is 11.6. The summed E-state index contributed by atoms with van der Waals surface area (Å²) in [5, 5.41) is 4.01. The molecule has 5 heteroatoms. The van der Waals surface area contributed by atoms with Crippen LogP contribution in [0.4, 0.5) is 0 Å². The van der Waals surface area contributed by atoms with E-state index in [0.29, 0.717) is 6.54 Å². The van der Waals surface area contributed by atoms with Crippen molar-refractivity contribution in [2.45, 2.75) is 19.5 Å². The minimum absolute atomic E-state index is 0.162. The number of nitrogens with zero attached hydrogens (tertiary/aromatic N) is 2. The largest absolute Gasteiger partial charge is 0.496 e. The second kappa shape index (κ2) is 5.67. The Kier molecular flexibility index (Phi) is 3.97. The van der Waals surface area contributed by atoms with Gasteiger partial charge in [-0.25, -0.2) is 4.68 Å². The van der Waals surface area contributed by atoms with Crippen LogP contribution in [0.5, 0.6) is 5.75 Å². The lowest BCUT2D eigenvalue weighted by Crippen LogP contribution is -2.28. The minimum atomic E-state index is -0.345. The van der Waals surface area contributed by atoms with Gasteiger partial charge in [0, 0.05) is 17.8 Å². The number of hydrogen-bond acceptors (Lipinski definition) is 4. The third-order valence-electron chi connectivity index (χ3n) is 2.94. The van der Waals surface area contributed by atoms with Gasteiger partial charge in [0.2, 0.25) is 0 Å². The Bertz CT molecular complexity index is 622. The molecule has 0 aliphatic heterocycles. The first-order valence-corrected chi connectivity index (χ1v) is 6.04. The van der Waals surface area contributed by atoms with Gasteiger partial charge in [-0.15, -0.1) is 0 Å². The molecule has 0 radical (unpaired) electrons. The van der Waals surface area contributed by atoms with Crippen LogP contribution >= 0.6 is 0 Å². The van der Waals surface area contributed by atoms with Crippen molar-refractivity contribution in [3.8, 4) is 5.75 Å². The Balaban J connectivity index is 2.30. The van der Waals surface area contributed by atoms with E-state index in [2.05, 4.69) is 5.10 Å². The third kappa shape index (κ3) is 3.00. The summed E-state index contributed by atoms with van der Waals surface area (Å²) in [6, 6.07) is 8.54. The van der Waals surface area contributed by atoms with Gasteiger partial charge in [-0.1, -0.05) is 17.7 Å². The summed E-state index contributed by atoms with van der Waals surface area (Å²) in [5.41, 5.74) is 7.97. The fourth-order valence-electron chi connectivity index (χ4n) is 1.95. The molecule has 0 saturated heterocycles. The van der Waals surface area contributed by atoms with Crippen LogP contribution in [-0.2, 0) is 6.54 Å². The molecule has 2 rings (SSSR count). The van der Waals surface area contributed by atoms with E-state index in [4.69, 9.17) is 10.5 Å². The van der Waals surface area contributed by atoms with Crippen molar-refractivity contribution >= 4 is 0 Å². The van der Waals surface area contributed by atoms with Crippen LogP contribution in [0.2, 0.25) is 0 Å². The van der Waals surface area contributed by atoms with Crippen molar-refractivity contribution in [1.29, 1.82) is 0 Å². The van der Waals surface area contributed by atoms with Crippen molar-refractivity contribution < 1.29 is 4.74 Å². The number of nitrogens with two attached hydrogens (primary N) is 1. The van der Waals surface area contributed by atoms with E-state index in [9.17, 15) is 4.79 Å². The van der Waals surface area contributed by atoms with Crippen LogP contribution in [0.25, 0.3) is 0 Å². The van der Waals surface area contributed by atoms with Crippen LogP contribution in [0.3, 0.4) is 0 Å². The van der Waals surface area contributed by atoms with Crippen molar-refractivity contribution in [1.82, 2.24) is 9.78 Å². The Labute approximate surface area is 111 Å². The molecular weight excluding hydrogens is 242 g/mol. The SMILES string of the molecule is COc1ccc(C)cc1C(N)Cn1ncccc1=O. The van der Waals surface area contributed by atoms with Gasteiger partial charge in [-0.2, -0.15) is 5.10 Å². The summed E-state index contributed by atoms with van der Waals surface area (Å²) in [6.45, 7) is 2.31. The number of aromatic nitrogens is 2. The maximum absolute atomic E-state index is 11.6. The molecule has 0 bridgehead atoms. The molecule has 1 aromatic carbocycles. The molecule has 5 nitrogen and oxygen atoms in total. The number of rotatable bonds is 4. The average Bonchev–Trinajstić information content (AvgIpc) is 2.41. The lowest BCUT2D eigenvalue weighted by Gasteiger charge is -2.16. The molecule has 19 heavy (non-hydrogen) atoms. The van der Waals surface area contributed by atoms with E-state index in [0.717, 1.165) is 16.9 Å². The summed E-state index contributed by atoms with van der Waals surface area (Å²) < 4.78 is 6.66. The normalized spacial score (nSPS) is 12.2. The molecule has 0 saturated carbocycles. The molecule has 0 aliphatic rings. The van der Waals surface area contributed by atoms with Crippen LogP contribution in [0.15, 0.2) is 41.3 Å². The molecular formula is C14H17N3O2. The molecule has 1 atom stereocenters. The van der Waals surface area contributed by atoms with Gasteiger partial charge in [-0.3, -0.25) is 4.79 Å². The molecule has 0 aliphatic carbocycles. The highest BCUT2D eigenvalue weighted by atomic mass is 16.5. The highest BCUT2D eigenvalue weighted by Gasteiger charge is 2.13. The Morgan fingerprint density at radius 1 is 1.42 bits per heavy atom. The van der Waals surface area contributed by atoms with Crippen LogP contribution in [0, 0.1) is 6.92 Å². The van der Waals surface area contributed by atoms with Crippen molar-refractivity contribution in [3.05, 3.63) is 58.0 Å². The fraction of sp³-hybridized carbons (Fsp3) is 0.286. The van der Waals surface area contributed by atoms with E-state index in [1.54, 1.807) is 19.4 Å². The Hall–Kier alpha value is -2.14. The van der Waals surface area contributed by atoms with Crippen molar-refractivity contribution in [3.63, 3.8) is 0 Å². The van der Waals surface area contributed by atoms with E-state index < -0.39 is 0 Å². The highest BCUT2D eigenvalue weighted by molar-refractivity contribution is 5.38. The van der Waals surface area contributed by atoms with Crippen LogP contribution < -0.4 is 16.0 Å². The second-order valence-corrected chi connectivity index (χ2v) is 4.40. The summed E-state index contributed by atoms with van der Waals surface area (Å²) in [6.07, 6.45) is 1.57. The predicted octanol–water partition coefficient (Wildman–Crippen LogP) is 1.26. The lowest BCUT2D eigenvalue weighted by molar-refractivity contribution is 0.399. The quantitative estimate of drug-likeness (QED) is 0.897. The molecule has 0 amide bonds. The molecule has 1 heterocycles. The smallest absolute Gasteiger partial charge is 0.266 e. The summed E-state index contributed by atoms with van der Waals surface area (Å²) in [4.78, 5) is 11.6. The molecule has 1 aromatic heterocycles. The number of methoxy groups -OCH3 is 1. The molecule has 0 fully saturated rings. The Morgan fingerprint density at radius 2 is 2.21 bits per heavy atom. The van der Waals surface area contributed by atoms with Gasteiger partial charge in [0.15, 0.2) is 0 Å². The van der Waals surface area contributed by atoms with E-state index in [1.165, 1.54) is 10.7 Å². The van der Waals surface area contributed by atoms with Crippen LogP contribution in [-0.4, -0.2) is 16.9 Å². The van der Waals surface area contributed by atoms with Gasteiger partial charge in [0.05, 0.1) is 19.7 Å². The highest BCUT2D eigenvalue weighted by Crippen LogP contribution is 2.25. The topological polar surface area (TPSA) is 70.1 Å². The zero-order chi connectivity index (χ0) is 13.8. The zero-order valence-electron chi connectivity index (χ0n) is 11.0. The lowest BCUT2D eigenvalue weighted by atomic mass is 10.0. The van der Waals surface area contributed by atoms with Crippen LogP contribution in [0.1, 0.15) is 17.2 Å². The number of benzene rings is 1. The van der Waals surface area contributed by atoms with Crippen molar-refractivity contribution in [2.75, 3.05) is 7.11 Å². The molecule has 2 aromatic rings. The monoisotopic (exact) mass is 259 g/mol. The van der Waals surface area contributed by atoms with Gasteiger partial charge in [0.1, 0.15) is 5.75 Å². The number of aryl methyl sites for hydroxylation is 1. The fourth-order valence-corrected chi connectivity index (χ4v) is 1.95. The van der Waals surface area contributed by atoms with E-state index in [1.807, 2.05) is 25.1 Å². The number of ether oxygens (including phenoxy) is 1. The standard InChI is InChI=1S/C14H17N3O2/c1-10-5-6-13(19-2)11(8-10)12(15)9-17-14(18)4-3-7-16-17/h3-8,12H,9,15H2,1-2H3. The summed E-state index contributed by atoms with van der Waals surface area (Å²) >= 11 is 0. The molecule has 100 valence electrons. The van der Waals surface area contributed by atoms with Gasteiger partial charge in [0.25, 0.3) is 5.56 Å². The van der Waals surface area contributed by atoms with Gasteiger partial charge >= 0.3 is 0 Å². The summed E-state index contributed by atoms with van der Waals surface area (Å²) in [5.74, 6) is 0.724. The minimum Gasteiger partial charge on any atom is -0.496 e. The van der Waals surface area contributed by atoms with Gasteiger partial charge in [-0.05, 0) is 19.1 Å². The third-order valence-corrected chi connectivity index (χ3v) is 2.94. The Morgan fingerprint density at radius 3 is 2.89 bits per heavy atom. The van der Waals surface area contributed by atoms with E-state index >= 15 is 0 Å². The van der Waals surface area contributed by atoms with Gasteiger partial charge < -0.3 is 10.5 Å². The molecule has 1 unspecified atom stereocenters. The van der Waals surface area contributed by atoms with E-state index in [-0.39, 0.29) is 11.6 Å².